The summed E-state index contributed by atoms with van der Waals surface area (Å²) < 4.78 is 5.88. The average molecular weight is 280 g/mol. The van der Waals surface area contributed by atoms with E-state index in [2.05, 4.69) is 21.4 Å². The Morgan fingerprint density at radius 1 is 1.64 bits per heavy atom. The minimum absolute atomic E-state index is 0.0198. The van der Waals surface area contributed by atoms with E-state index in [0.29, 0.717) is 11.6 Å². The number of hydrogen-bond donors (Lipinski definition) is 2. The summed E-state index contributed by atoms with van der Waals surface area (Å²) in [4.78, 5) is 0. The molecule has 5 heteroatoms. The van der Waals surface area contributed by atoms with Gasteiger partial charge in [0, 0.05) is 11.6 Å². The molecular weight excluding hydrogens is 267 g/mol. The lowest BCUT2D eigenvalue weighted by Crippen LogP contribution is -2.31. The fourth-order valence-corrected chi connectivity index (χ4v) is 1.65. The van der Waals surface area contributed by atoms with Crippen molar-refractivity contribution in [2.24, 2.45) is 5.84 Å². The zero-order valence-electron chi connectivity index (χ0n) is 7.76. The van der Waals surface area contributed by atoms with Crippen molar-refractivity contribution in [2.75, 3.05) is 13.7 Å². The first-order chi connectivity index (χ1) is 6.69. The second-order valence-electron chi connectivity index (χ2n) is 2.85. The van der Waals surface area contributed by atoms with Gasteiger partial charge in [0.25, 0.3) is 0 Å². The van der Waals surface area contributed by atoms with Crippen LogP contribution in [0.4, 0.5) is 0 Å². The minimum Gasteiger partial charge on any atom is -0.383 e. The standard InChI is InChI=1S/C9H12BrClN2O/c1-14-5-9(13-12)6-2-3-8(11)7(10)4-6/h2-4,9,13H,5,12H2,1H3. The van der Waals surface area contributed by atoms with E-state index in [4.69, 9.17) is 22.2 Å². The number of ether oxygens (including phenoxy) is 1. The van der Waals surface area contributed by atoms with Gasteiger partial charge in [-0.3, -0.25) is 11.3 Å². The maximum atomic E-state index is 5.88. The van der Waals surface area contributed by atoms with Crippen LogP contribution in [0.2, 0.25) is 5.02 Å². The topological polar surface area (TPSA) is 47.3 Å². The van der Waals surface area contributed by atoms with Crippen molar-refractivity contribution in [1.82, 2.24) is 5.43 Å². The Kier molecular flexibility index (Phi) is 4.84. The lowest BCUT2D eigenvalue weighted by Gasteiger charge is -2.15. The third-order valence-corrected chi connectivity index (χ3v) is 3.09. The van der Waals surface area contributed by atoms with Gasteiger partial charge in [0.1, 0.15) is 0 Å². The van der Waals surface area contributed by atoms with Crippen molar-refractivity contribution in [2.45, 2.75) is 6.04 Å². The first-order valence-corrected chi connectivity index (χ1v) is 5.26. The van der Waals surface area contributed by atoms with Gasteiger partial charge in [-0.25, -0.2) is 0 Å². The molecule has 0 aliphatic carbocycles. The Bertz CT molecular complexity index is 309. The highest BCUT2D eigenvalue weighted by atomic mass is 79.9. The molecular formula is C9H12BrClN2O. The molecule has 3 N–H and O–H groups in total. The summed E-state index contributed by atoms with van der Waals surface area (Å²) in [6.07, 6.45) is 0. The van der Waals surface area contributed by atoms with E-state index in [9.17, 15) is 0 Å². The molecule has 0 aliphatic rings. The van der Waals surface area contributed by atoms with Gasteiger partial charge >= 0.3 is 0 Å². The van der Waals surface area contributed by atoms with Gasteiger partial charge in [0.05, 0.1) is 17.7 Å². The van der Waals surface area contributed by atoms with Gasteiger partial charge in [-0.2, -0.15) is 0 Å². The monoisotopic (exact) mass is 278 g/mol. The van der Waals surface area contributed by atoms with Gasteiger partial charge in [0.2, 0.25) is 0 Å². The predicted octanol–water partition coefficient (Wildman–Crippen LogP) is 2.25. The Morgan fingerprint density at radius 3 is 2.86 bits per heavy atom. The van der Waals surface area contributed by atoms with Gasteiger partial charge in [-0.1, -0.05) is 17.7 Å². The highest BCUT2D eigenvalue weighted by Gasteiger charge is 2.10. The van der Waals surface area contributed by atoms with Gasteiger partial charge in [-0.15, -0.1) is 0 Å². The van der Waals surface area contributed by atoms with Crippen LogP contribution in [0.25, 0.3) is 0 Å². The maximum absolute atomic E-state index is 5.88. The van der Waals surface area contributed by atoms with E-state index in [1.54, 1.807) is 7.11 Å². The third kappa shape index (κ3) is 2.93. The summed E-state index contributed by atoms with van der Waals surface area (Å²) in [5.74, 6) is 5.40. The normalized spacial score (nSPS) is 12.9. The summed E-state index contributed by atoms with van der Waals surface area (Å²) in [5.41, 5.74) is 3.71. The zero-order chi connectivity index (χ0) is 10.6. The first kappa shape index (κ1) is 11.9. The van der Waals surface area contributed by atoms with Crippen LogP contribution in [0, 0.1) is 0 Å². The zero-order valence-corrected chi connectivity index (χ0v) is 10.1. The lowest BCUT2D eigenvalue weighted by molar-refractivity contribution is 0.167. The molecule has 0 bridgehead atoms. The highest BCUT2D eigenvalue weighted by molar-refractivity contribution is 9.10. The molecule has 0 heterocycles. The van der Waals surface area contributed by atoms with Crippen LogP contribution in [0.5, 0.6) is 0 Å². The van der Waals surface area contributed by atoms with E-state index >= 15 is 0 Å². The van der Waals surface area contributed by atoms with E-state index in [1.807, 2.05) is 18.2 Å². The van der Waals surface area contributed by atoms with Crippen LogP contribution in [-0.4, -0.2) is 13.7 Å². The van der Waals surface area contributed by atoms with Crippen molar-refractivity contribution in [3.8, 4) is 0 Å². The molecule has 1 rings (SSSR count). The number of nitrogens with one attached hydrogen (secondary N) is 1. The number of methoxy groups -OCH3 is 1. The number of rotatable bonds is 4. The average Bonchev–Trinajstić information content (AvgIpc) is 2.19. The van der Waals surface area contributed by atoms with Crippen LogP contribution in [0.1, 0.15) is 11.6 Å². The molecule has 0 saturated heterocycles. The van der Waals surface area contributed by atoms with Crippen molar-refractivity contribution in [3.05, 3.63) is 33.3 Å². The molecule has 14 heavy (non-hydrogen) atoms. The molecule has 0 aromatic heterocycles. The van der Waals surface area contributed by atoms with E-state index in [-0.39, 0.29) is 6.04 Å². The minimum atomic E-state index is -0.0198. The fourth-order valence-electron chi connectivity index (χ4n) is 1.14. The fraction of sp³-hybridized carbons (Fsp3) is 0.333. The smallest absolute Gasteiger partial charge is 0.0694 e. The third-order valence-electron chi connectivity index (χ3n) is 1.88. The first-order valence-electron chi connectivity index (χ1n) is 4.09. The van der Waals surface area contributed by atoms with Crippen molar-refractivity contribution < 1.29 is 4.74 Å². The van der Waals surface area contributed by atoms with Crippen LogP contribution in [-0.2, 0) is 4.74 Å². The van der Waals surface area contributed by atoms with Crippen molar-refractivity contribution >= 4 is 27.5 Å². The van der Waals surface area contributed by atoms with Crippen LogP contribution in [0.3, 0.4) is 0 Å². The molecule has 0 spiro atoms. The molecule has 3 nitrogen and oxygen atoms in total. The van der Waals surface area contributed by atoms with E-state index in [1.165, 1.54) is 0 Å². The predicted molar refractivity (Wildman–Crippen MR) is 61.1 cm³/mol. The Balaban J connectivity index is 2.88. The summed E-state index contributed by atoms with van der Waals surface area (Å²) >= 11 is 9.23. The summed E-state index contributed by atoms with van der Waals surface area (Å²) in [6.45, 7) is 0.518. The number of hydrazine groups is 1. The van der Waals surface area contributed by atoms with E-state index < -0.39 is 0 Å². The lowest BCUT2D eigenvalue weighted by atomic mass is 10.1. The molecule has 78 valence electrons. The second-order valence-corrected chi connectivity index (χ2v) is 4.11. The molecule has 1 unspecified atom stereocenters. The molecule has 0 aliphatic heterocycles. The number of nitrogens with two attached hydrogens (primary N) is 1. The SMILES string of the molecule is COCC(NN)c1ccc(Cl)c(Br)c1. The van der Waals surface area contributed by atoms with Gasteiger partial charge < -0.3 is 4.74 Å². The Morgan fingerprint density at radius 2 is 2.36 bits per heavy atom. The quantitative estimate of drug-likeness (QED) is 0.656. The number of hydrogen-bond acceptors (Lipinski definition) is 3. The molecule has 0 amide bonds. The summed E-state index contributed by atoms with van der Waals surface area (Å²) in [7, 11) is 1.63. The molecule has 0 radical (unpaired) electrons. The largest absolute Gasteiger partial charge is 0.383 e. The molecule has 1 atom stereocenters. The van der Waals surface area contributed by atoms with Gasteiger partial charge in [0.15, 0.2) is 0 Å². The van der Waals surface area contributed by atoms with Crippen molar-refractivity contribution in [3.63, 3.8) is 0 Å². The Labute approximate surface area is 96.7 Å². The summed E-state index contributed by atoms with van der Waals surface area (Å²) in [5, 5.41) is 0.682. The Hall–Kier alpha value is -0.130. The molecule has 0 saturated carbocycles. The van der Waals surface area contributed by atoms with Gasteiger partial charge in [-0.05, 0) is 33.6 Å². The van der Waals surface area contributed by atoms with Crippen LogP contribution >= 0.6 is 27.5 Å². The number of halogens is 2. The highest BCUT2D eigenvalue weighted by Crippen LogP contribution is 2.25. The molecule has 0 fully saturated rings. The van der Waals surface area contributed by atoms with Crippen LogP contribution < -0.4 is 11.3 Å². The van der Waals surface area contributed by atoms with Crippen molar-refractivity contribution in [1.29, 1.82) is 0 Å². The number of benzene rings is 1. The second kappa shape index (κ2) is 5.68. The van der Waals surface area contributed by atoms with E-state index in [0.717, 1.165) is 10.0 Å². The molecule has 1 aromatic rings. The van der Waals surface area contributed by atoms with Crippen LogP contribution in [0.15, 0.2) is 22.7 Å². The maximum Gasteiger partial charge on any atom is 0.0694 e. The summed E-state index contributed by atoms with van der Waals surface area (Å²) in [6, 6.07) is 5.64. The molecule has 1 aromatic carbocycles.